The van der Waals surface area contributed by atoms with E-state index in [1.165, 1.54) is 101 Å². The molecule has 0 aliphatic heterocycles. The molecule has 1 heterocycles. The first-order valence-corrected chi connectivity index (χ1v) is 17.8. The fraction of sp³-hybridized carbons (Fsp3) is 0.500. The lowest BCUT2D eigenvalue weighted by atomic mass is 10.0. The third kappa shape index (κ3) is 12.4. The highest BCUT2D eigenvalue weighted by molar-refractivity contribution is 5.69. The van der Waals surface area contributed by atoms with Crippen molar-refractivity contribution in [2.75, 3.05) is 13.2 Å². The minimum absolute atomic E-state index is 0.773. The molecule has 1 aromatic heterocycles. The first-order valence-electron chi connectivity index (χ1n) is 17.8. The lowest BCUT2D eigenvalue weighted by Crippen LogP contribution is -1.98. The molecule has 5 nitrogen and oxygen atoms in total. The Morgan fingerprint density at radius 2 is 0.867 bits per heavy atom. The zero-order valence-electron chi connectivity index (χ0n) is 27.9. The summed E-state index contributed by atoms with van der Waals surface area (Å²) in [6, 6.07) is 25.0. The molecule has 242 valence electrons. The second kappa shape index (κ2) is 20.4. The lowest BCUT2D eigenvalue weighted by molar-refractivity contribution is 0.304. The molecule has 0 saturated carbocycles. The van der Waals surface area contributed by atoms with Gasteiger partial charge in [-0.15, -0.1) is 5.10 Å². The Morgan fingerprint density at radius 1 is 0.467 bits per heavy atom. The van der Waals surface area contributed by atoms with E-state index in [-0.39, 0.29) is 0 Å². The minimum atomic E-state index is 0.773. The number of hydrogen-bond acceptors (Lipinski definition) is 4. The zero-order chi connectivity index (χ0) is 31.4. The van der Waals surface area contributed by atoms with Crippen LogP contribution in [0.4, 0.5) is 0 Å². The molecule has 0 bridgehead atoms. The van der Waals surface area contributed by atoms with E-state index in [1.54, 1.807) is 0 Å². The first-order chi connectivity index (χ1) is 22.3. The average Bonchev–Trinajstić information content (AvgIpc) is 3.58. The topological polar surface area (TPSA) is 49.2 Å². The van der Waals surface area contributed by atoms with Crippen LogP contribution >= 0.6 is 0 Å². The van der Waals surface area contributed by atoms with Gasteiger partial charge >= 0.3 is 0 Å². The van der Waals surface area contributed by atoms with E-state index in [2.05, 4.69) is 72.7 Å². The van der Waals surface area contributed by atoms with Crippen molar-refractivity contribution in [3.8, 4) is 39.6 Å². The Morgan fingerprint density at radius 3 is 1.36 bits per heavy atom. The Hall–Kier alpha value is -3.60. The predicted octanol–water partition coefficient (Wildman–Crippen LogP) is 11.6. The number of aromatic nitrogens is 3. The van der Waals surface area contributed by atoms with E-state index >= 15 is 0 Å². The summed E-state index contributed by atoms with van der Waals surface area (Å²) in [7, 11) is 0. The van der Waals surface area contributed by atoms with E-state index in [9.17, 15) is 0 Å². The molecule has 0 saturated heterocycles. The van der Waals surface area contributed by atoms with Crippen molar-refractivity contribution in [1.82, 2.24) is 15.0 Å². The van der Waals surface area contributed by atoms with Crippen LogP contribution in [0, 0.1) is 0 Å². The Labute approximate surface area is 272 Å². The molecule has 0 unspecified atom stereocenters. The van der Waals surface area contributed by atoms with Gasteiger partial charge in [-0.3, -0.25) is 0 Å². The Kier molecular flexibility index (Phi) is 15.6. The summed E-state index contributed by atoms with van der Waals surface area (Å²) in [6.07, 6.45) is 22.9. The number of rotatable bonds is 23. The number of ether oxygens (including phenoxy) is 2. The third-order valence-corrected chi connectivity index (χ3v) is 8.50. The standard InChI is InChI=1S/C40H55N3O2/c1-3-5-7-9-11-13-15-17-31-44-38-27-23-35(24-28-38)34-19-21-36(22-20-34)40-33-43(42-41-40)37-25-29-39(30-26-37)45-32-18-16-14-12-10-8-6-4-2/h19-30,33H,3-18,31-32H2,1-2H3. The van der Waals surface area contributed by atoms with E-state index in [0.717, 1.165) is 54.5 Å². The fourth-order valence-corrected chi connectivity index (χ4v) is 5.65. The summed E-state index contributed by atoms with van der Waals surface area (Å²) in [6.45, 7) is 6.10. The number of unbranched alkanes of at least 4 members (excludes halogenated alkanes) is 14. The van der Waals surface area contributed by atoms with Gasteiger partial charge in [0.1, 0.15) is 17.2 Å². The van der Waals surface area contributed by atoms with Gasteiger partial charge < -0.3 is 9.47 Å². The molecule has 4 aromatic rings. The number of benzene rings is 3. The van der Waals surface area contributed by atoms with Crippen molar-refractivity contribution in [3.05, 3.63) is 79.0 Å². The van der Waals surface area contributed by atoms with Gasteiger partial charge in [-0.25, -0.2) is 4.68 Å². The second-order valence-electron chi connectivity index (χ2n) is 12.3. The lowest BCUT2D eigenvalue weighted by Gasteiger charge is -2.08. The molecule has 0 N–H and O–H groups in total. The highest BCUT2D eigenvalue weighted by Gasteiger charge is 2.07. The quantitative estimate of drug-likeness (QED) is 0.0785. The van der Waals surface area contributed by atoms with Gasteiger partial charge in [0.25, 0.3) is 0 Å². The molecule has 3 aromatic carbocycles. The summed E-state index contributed by atoms with van der Waals surface area (Å²) in [4.78, 5) is 0. The SMILES string of the molecule is CCCCCCCCCCOc1ccc(-c2ccc(-c3cn(-c4ccc(OCCCCCCCCCC)cc4)nn3)cc2)cc1. The van der Waals surface area contributed by atoms with Crippen LogP contribution in [0.3, 0.4) is 0 Å². The molecule has 0 aliphatic carbocycles. The van der Waals surface area contributed by atoms with Crippen molar-refractivity contribution in [1.29, 1.82) is 0 Å². The smallest absolute Gasteiger partial charge is 0.119 e. The van der Waals surface area contributed by atoms with Crippen molar-refractivity contribution in [2.24, 2.45) is 0 Å². The van der Waals surface area contributed by atoms with Gasteiger partial charge in [-0.05, 0) is 60.4 Å². The van der Waals surface area contributed by atoms with Crippen LogP contribution in [0.1, 0.15) is 117 Å². The minimum Gasteiger partial charge on any atom is -0.494 e. The Bertz CT molecular complexity index is 1310. The molecule has 0 amide bonds. The second-order valence-corrected chi connectivity index (χ2v) is 12.3. The van der Waals surface area contributed by atoms with Crippen LogP contribution in [-0.2, 0) is 0 Å². The van der Waals surface area contributed by atoms with Crippen LogP contribution in [-0.4, -0.2) is 28.2 Å². The maximum Gasteiger partial charge on any atom is 0.119 e. The molecular formula is C40H55N3O2. The highest BCUT2D eigenvalue weighted by atomic mass is 16.5. The van der Waals surface area contributed by atoms with Crippen molar-refractivity contribution >= 4 is 0 Å². The van der Waals surface area contributed by atoms with Gasteiger partial charge in [-0.1, -0.05) is 145 Å². The molecule has 45 heavy (non-hydrogen) atoms. The van der Waals surface area contributed by atoms with Gasteiger partial charge in [0.05, 0.1) is 25.1 Å². The van der Waals surface area contributed by atoms with Crippen molar-refractivity contribution in [2.45, 2.75) is 117 Å². The van der Waals surface area contributed by atoms with Crippen molar-refractivity contribution < 1.29 is 9.47 Å². The molecule has 0 aliphatic rings. The van der Waals surface area contributed by atoms with E-state index in [1.807, 2.05) is 35.1 Å². The summed E-state index contributed by atoms with van der Waals surface area (Å²) < 4.78 is 13.8. The largest absolute Gasteiger partial charge is 0.494 e. The number of nitrogens with zero attached hydrogens (tertiary/aromatic N) is 3. The van der Waals surface area contributed by atoms with E-state index in [0.29, 0.717) is 0 Å². The van der Waals surface area contributed by atoms with Crippen LogP contribution in [0.25, 0.3) is 28.1 Å². The third-order valence-electron chi connectivity index (χ3n) is 8.50. The maximum atomic E-state index is 5.98. The molecule has 0 spiro atoms. The predicted molar refractivity (Wildman–Crippen MR) is 188 cm³/mol. The monoisotopic (exact) mass is 609 g/mol. The van der Waals surface area contributed by atoms with E-state index in [4.69, 9.17) is 9.47 Å². The van der Waals surface area contributed by atoms with Crippen LogP contribution in [0.5, 0.6) is 11.5 Å². The van der Waals surface area contributed by atoms with Crippen LogP contribution in [0.2, 0.25) is 0 Å². The van der Waals surface area contributed by atoms with Crippen molar-refractivity contribution in [3.63, 3.8) is 0 Å². The van der Waals surface area contributed by atoms with Gasteiger partial charge in [0.2, 0.25) is 0 Å². The molecule has 0 atom stereocenters. The number of hydrogen-bond donors (Lipinski definition) is 0. The molecular weight excluding hydrogens is 554 g/mol. The average molecular weight is 610 g/mol. The molecule has 5 heteroatoms. The normalized spacial score (nSPS) is 11.2. The van der Waals surface area contributed by atoms with Crippen LogP contribution in [0.15, 0.2) is 79.0 Å². The highest BCUT2D eigenvalue weighted by Crippen LogP contribution is 2.26. The van der Waals surface area contributed by atoms with E-state index < -0.39 is 0 Å². The molecule has 4 rings (SSSR count). The molecule has 0 radical (unpaired) electrons. The Balaban J connectivity index is 1.17. The molecule has 0 fully saturated rings. The summed E-state index contributed by atoms with van der Waals surface area (Å²) >= 11 is 0. The first kappa shape index (κ1) is 34.3. The summed E-state index contributed by atoms with van der Waals surface area (Å²) in [5, 5.41) is 8.80. The zero-order valence-corrected chi connectivity index (χ0v) is 27.9. The van der Waals surface area contributed by atoms with Gasteiger partial charge in [0.15, 0.2) is 0 Å². The fourth-order valence-electron chi connectivity index (χ4n) is 5.65. The van der Waals surface area contributed by atoms with Gasteiger partial charge in [-0.2, -0.15) is 0 Å². The van der Waals surface area contributed by atoms with Gasteiger partial charge in [0, 0.05) is 5.56 Å². The summed E-state index contributed by atoms with van der Waals surface area (Å²) in [5.41, 5.74) is 5.20. The maximum absolute atomic E-state index is 5.98. The van der Waals surface area contributed by atoms with Crippen LogP contribution < -0.4 is 9.47 Å². The summed E-state index contributed by atoms with van der Waals surface area (Å²) in [5.74, 6) is 1.85.